The molecule has 8 heteroatoms. The van der Waals surface area contributed by atoms with Crippen molar-refractivity contribution in [3.8, 4) is 28.5 Å². The van der Waals surface area contributed by atoms with Crippen molar-refractivity contribution in [2.75, 3.05) is 26.6 Å². The van der Waals surface area contributed by atoms with Gasteiger partial charge < -0.3 is 24.8 Å². The molecular weight excluding hydrogens is 372 g/mol. The fourth-order valence-corrected chi connectivity index (χ4v) is 2.74. The second-order valence-corrected chi connectivity index (χ2v) is 5.97. The summed E-state index contributed by atoms with van der Waals surface area (Å²) in [6.45, 7) is 0.240. The number of aromatic nitrogens is 2. The van der Waals surface area contributed by atoms with Gasteiger partial charge in [-0.1, -0.05) is 6.07 Å². The highest BCUT2D eigenvalue weighted by Gasteiger charge is 2.12. The molecule has 2 N–H and O–H groups in total. The Morgan fingerprint density at radius 3 is 2.45 bits per heavy atom. The number of anilines is 1. The van der Waals surface area contributed by atoms with E-state index in [1.54, 1.807) is 25.3 Å². The van der Waals surface area contributed by atoms with Gasteiger partial charge in [-0.25, -0.2) is 14.8 Å². The van der Waals surface area contributed by atoms with E-state index in [-0.39, 0.29) is 12.6 Å². The monoisotopic (exact) mass is 394 g/mol. The zero-order chi connectivity index (χ0) is 20.6. The smallest absolute Gasteiger partial charge is 0.319 e. The number of carbonyl (C=O) groups is 1. The van der Waals surface area contributed by atoms with Gasteiger partial charge >= 0.3 is 6.03 Å². The fraction of sp³-hybridized carbons (Fsp3) is 0.190. The van der Waals surface area contributed by atoms with Gasteiger partial charge in [0.1, 0.15) is 12.1 Å². The molecule has 0 aliphatic carbocycles. The molecule has 2 aromatic carbocycles. The first-order chi connectivity index (χ1) is 14.1. The summed E-state index contributed by atoms with van der Waals surface area (Å²) in [6, 6.07) is 14.3. The van der Waals surface area contributed by atoms with Gasteiger partial charge in [-0.2, -0.15) is 0 Å². The van der Waals surface area contributed by atoms with Crippen LogP contribution in [-0.4, -0.2) is 37.3 Å². The lowest BCUT2D eigenvalue weighted by atomic mass is 10.1. The molecule has 150 valence electrons. The molecule has 0 spiro atoms. The van der Waals surface area contributed by atoms with Crippen LogP contribution in [0, 0.1) is 0 Å². The Labute approximate surface area is 168 Å². The van der Waals surface area contributed by atoms with Gasteiger partial charge in [0, 0.05) is 5.56 Å². The Morgan fingerprint density at radius 2 is 1.76 bits per heavy atom. The number of urea groups is 1. The average Bonchev–Trinajstić information content (AvgIpc) is 2.77. The third kappa shape index (κ3) is 4.92. The van der Waals surface area contributed by atoms with Crippen LogP contribution in [-0.2, 0) is 6.54 Å². The molecule has 3 aromatic rings. The van der Waals surface area contributed by atoms with Crippen LogP contribution in [0.2, 0.25) is 0 Å². The number of carbonyl (C=O) groups excluding carboxylic acids is 1. The van der Waals surface area contributed by atoms with Crippen LogP contribution in [0.3, 0.4) is 0 Å². The number of methoxy groups -OCH3 is 3. The predicted molar refractivity (Wildman–Crippen MR) is 109 cm³/mol. The molecule has 0 bridgehead atoms. The zero-order valence-corrected chi connectivity index (χ0v) is 16.4. The Kier molecular flexibility index (Phi) is 6.47. The molecule has 0 atom stereocenters. The normalized spacial score (nSPS) is 10.2. The molecule has 1 heterocycles. The van der Waals surface area contributed by atoms with E-state index >= 15 is 0 Å². The van der Waals surface area contributed by atoms with E-state index in [0.29, 0.717) is 22.9 Å². The predicted octanol–water partition coefficient (Wildman–Crippen LogP) is 3.49. The van der Waals surface area contributed by atoms with Gasteiger partial charge in [0.05, 0.1) is 44.9 Å². The third-order valence-electron chi connectivity index (χ3n) is 4.19. The Morgan fingerprint density at radius 1 is 0.966 bits per heavy atom. The van der Waals surface area contributed by atoms with Crippen molar-refractivity contribution in [2.45, 2.75) is 6.54 Å². The van der Waals surface area contributed by atoms with E-state index in [1.807, 2.05) is 30.3 Å². The number of rotatable bonds is 7. The molecule has 1 aromatic heterocycles. The molecule has 0 fully saturated rings. The van der Waals surface area contributed by atoms with E-state index in [0.717, 1.165) is 17.0 Å². The standard InChI is InChI=1S/C21H22N4O4/c1-27-16-9-7-14(8-10-16)18-11-15(23-13-24-18)12-22-21(26)25-17-5-4-6-19(28-2)20(17)29-3/h4-11,13H,12H2,1-3H3,(H2,22,25,26). The van der Waals surface area contributed by atoms with Crippen LogP contribution in [0.5, 0.6) is 17.2 Å². The van der Waals surface area contributed by atoms with Crippen molar-refractivity contribution in [3.63, 3.8) is 0 Å². The van der Waals surface area contributed by atoms with Crippen LogP contribution < -0.4 is 24.8 Å². The van der Waals surface area contributed by atoms with Crippen molar-refractivity contribution >= 4 is 11.7 Å². The molecule has 0 aliphatic rings. The first-order valence-electron chi connectivity index (χ1n) is 8.85. The van der Waals surface area contributed by atoms with Crippen molar-refractivity contribution < 1.29 is 19.0 Å². The number of nitrogens with one attached hydrogen (secondary N) is 2. The Hall–Kier alpha value is -3.81. The topological polar surface area (TPSA) is 94.6 Å². The third-order valence-corrected chi connectivity index (χ3v) is 4.19. The summed E-state index contributed by atoms with van der Waals surface area (Å²) >= 11 is 0. The molecule has 8 nitrogen and oxygen atoms in total. The number of hydrogen-bond donors (Lipinski definition) is 2. The van der Waals surface area contributed by atoms with Crippen molar-refractivity contribution in [3.05, 3.63) is 60.6 Å². The summed E-state index contributed by atoms with van der Waals surface area (Å²) in [7, 11) is 4.68. The molecule has 3 rings (SSSR count). The minimum Gasteiger partial charge on any atom is -0.497 e. The van der Waals surface area contributed by atoms with E-state index in [9.17, 15) is 4.79 Å². The zero-order valence-electron chi connectivity index (χ0n) is 16.4. The van der Waals surface area contributed by atoms with E-state index in [1.165, 1.54) is 20.5 Å². The van der Waals surface area contributed by atoms with Crippen LogP contribution in [0.15, 0.2) is 54.9 Å². The summed E-state index contributed by atoms with van der Waals surface area (Å²) in [5.41, 5.74) is 2.87. The van der Waals surface area contributed by atoms with Gasteiger partial charge in [-0.15, -0.1) is 0 Å². The van der Waals surface area contributed by atoms with Crippen molar-refractivity contribution in [1.82, 2.24) is 15.3 Å². The SMILES string of the molecule is COc1ccc(-c2cc(CNC(=O)Nc3cccc(OC)c3OC)ncn2)cc1. The van der Waals surface area contributed by atoms with Gasteiger partial charge in [-0.05, 0) is 42.5 Å². The number of amides is 2. The van der Waals surface area contributed by atoms with Crippen molar-refractivity contribution in [2.24, 2.45) is 0 Å². The lowest BCUT2D eigenvalue weighted by Gasteiger charge is -2.14. The second-order valence-electron chi connectivity index (χ2n) is 5.97. The molecule has 0 radical (unpaired) electrons. The molecule has 29 heavy (non-hydrogen) atoms. The maximum atomic E-state index is 12.3. The number of hydrogen-bond acceptors (Lipinski definition) is 6. The van der Waals surface area contributed by atoms with E-state index in [4.69, 9.17) is 14.2 Å². The molecule has 0 saturated carbocycles. The molecule has 0 unspecified atom stereocenters. The van der Waals surface area contributed by atoms with Crippen molar-refractivity contribution in [1.29, 1.82) is 0 Å². The average molecular weight is 394 g/mol. The Balaban J connectivity index is 1.65. The van der Waals surface area contributed by atoms with Crippen LogP contribution in [0.1, 0.15) is 5.69 Å². The fourth-order valence-electron chi connectivity index (χ4n) is 2.74. The first kappa shape index (κ1) is 19.9. The van der Waals surface area contributed by atoms with Gasteiger partial charge in [0.25, 0.3) is 0 Å². The summed E-state index contributed by atoms with van der Waals surface area (Å²) in [6.07, 6.45) is 1.47. The van der Waals surface area contributed by atoms with Gasteiger partial charge in [-0.3, -0.25) is 0 Å². The molecular formula is C21H22N4O4. The second kappa shape index (κ2) is 9.41. The molecule has 2 amide bonds. The lowest BCUT2D eigenvalue weighted by molar-refractivity contribution is 0.251. The largest absolute Gasteiger partial charge is 0.497 e. The highest BCUT2D eigenvalue weighted by atomic mass is 16.5. The van der Waals surface area contributed by atoms with Gasteiger partial charge in [0.15, 0.2) is 11.5 Å². The van der Waals surface area contributed by atoms with E-state index < -0.39 is 0 Å². The number of nitrogens with zero attached hydrogens (tertiary/aromatic N) is 2. The number of benzene rings is 2. The number of para-hydroxylation sites is 1. The highest BCUT2D eigenvalue weighted by molar-refractivity contribution is 5.91. The summed E-state index contributed by atoms with van der Waals surface area (Å²) < 4.78 is 15.7. The highest BCUT2D eigenvalue weighted by Crippen LogP contribution is 2.34. The molecule has 0 aliphatic heterocycles. The lowest BCUT2D eigenvalue weighted by Crippen LogP contribution is -2.28. The van der Waals surface area contributed by atoms with Crippen LogP contribution in [0.4, 0.5) is 10.5 Å². The van der Waals surface area contributed by atoms with Gasteiger partial charge in [0.2, 0.25) is 0 Å². The first-order valence-corrected chi connectivity index (χ1v) is 8.85. The minimum absolute atomic E-state index is 0.240. The Bertz CT molecular complexity index is 977. The summed E-state index contributed by atoms with van der Waals surface area (Å²) in [4.78, 5) is 20.8. The van der Waals surface area contributed by atoms with Crippen LogP contribution in [0.25, 0.3) is 11.3 Å². The number of ether oxygens (including phenoxy) is 3. The summed E-state index contributed by atoms with van der Waals surface area (Å²) in [5.74, 6) is 1.76. The summed E-state index contributed by atoms with van der Waals surface area (Å²) in [5, 5.41) is 5.53. The van der Waals surface area contributed by atoms with Crippen LogP contribution >= 0.6 is 0 Å². The quantitative estimate of drug-likeness (QED) is 0.637. The maximum Gasteiger partial charge on any atom is 0.319 e. The maximum absolute atomic E-state index is 12.3. The van der Waals surface area contributed by atoms with E-state index in [2.05, 4.69) is 20.6 Å². The minimum atomic E-state index is -0.388. The molecule has 0 saturated heterocycles.